The first kappa shape index (κ1) is 12.7. The van der Waals surface area contributed by atoms with E-state index in [9.17, 15) is 9.59 Å². The minimum Gasteiger partial charge on any atom is -0.459 e. The predicted molar refractivity (Wildman–Crippen MR) is 65.1 cm³/mol. The zero-order chi connectivity index (χ0) is 13.7. The molecule has 5 nitrogen and oxygen atoms in total. The molecule has 0 N–H and O–H groups in total. The predicted octanol–water partition coefficient (Wildman–Crippen LogP) is 1.21. The molecule has 3 aliphatic rings. The van der Waals surface area contributed by atoms with E-state index in [1.165, 1.54) is 0 Å². The molecule has 0 spiro atoms. The fourth-order valence-corrected chi connectivity index (χ4v) is 3.38. The zero-order valence-corrected chi connectivity index (χ0v) is 11.1. The number of carbonyl (C=O) groups is 2. The van der Waals surface area contributed by atoms with E-state index in [1.54, 1.807) is 6.92 Å². The number of hydrogen-bond acceptors (Lipinski definition) is 5. The van der Waals surface area contributed by atoms with E-state index in [0.29, 0.717) is 12.0 Å². The molecule has 3 rings (SSSR count). The lowest BCUT2D eigenvalue weighted by Crippen LogP contribution is -2.34. The Bertz CT molecular complexity index is 443. The highest BCUT2D eigenvalue weighted by atomic mass is 16.6. The van der Waals surface area contributed by atoms with Gasteiger partial charge in [0.15, 0.2) is 0 Å². The van der Waals surface area contributed by atoms with Gasteiger partial charge < -0.3 is 14.2 Å². The Hall–Kier alpha value is -1.36. The van der Waals surface area contributed by atoms with Crippen LogP contribution in [-0.2, 0) is 23.8 Å². The van der Waals surface area contributed by atoms with Crippen molar-refractivity contribution in [2.24, 2.45) is 11.8 Å². The van der Waals surface area contributed by atoms with Gasteiger partial charge in [0.05, 0.1) is 18.1 Å². The largest absolute Gasteiger partial charge is 0.459 e. The van der Waals surface area contributed by atoms with E-state index in [2.05, 4.69) is 6.58 Å². The van der Waals surface area contributed by atoms with Crippen LogP contribution in [0.1, 0.15) is 26.7 Å². The van der Waals surface area contributed by atoms with Crippen LogP contribution in [0.25, 0.3) is 0 Å². The Labute approximate surface area is 111 Å². The van der Waals surface area contributed by atoms with Gasteiger partial charge >= 0.3 is 11.9 Å². The number of fused-ring (bicyclic) bond motifs is 1. The van der Waals surface area contributed by atoms with E-state index >= 15 is 0 Å². The molecule has 2 bridgehead atoms. The van der Waals surface area contributed by atoms with Crippen molar-refractivity contribution in [3.8, 4) is 0 Å². The van der Waals surface area contributed by atoms with Gasteiger partial charge in [-0.1, -0.05) is 6.58 Å². The fourth-order valence-electron chi connectivity index (χ4n) is 3.38. The molecule has 6 atom stereocenters. The molecule has 0 aromatic carbocycles. The molecule has 19 heavy (non-hydrogen) atoms. The maximum absolute atomic E-state index is 11.6. The van der Waals surface area contributed by atoms with E-state index in [0.717, 1.165) is 6.42 Å². The highest BCUT2D eigenvalue weighted by Crippen LogP contribution is 2.50. The van der Waals surface area contributed by atoms with Crippen LogP contribution in [-0.4, -0.2) is 36.4 Å². The quantitative estimate of drug-likeness (QED) is 0.565. The fraction of sp³-hybridized carbons (Fsp3) is 0.714. The van der Waals surface area contributed by atoms with Gasteiger partial charge in [-0.15, -0.1) is 0 Å². The number of ether oxygens (including phenoxy) is 3. The van der Waals surface area contributed by atoms with Crippen LogP contribution < -0.4 is 0 Å². The lowest BCUT2D eigenvalue weighted by molar-refractivity contribution is -0.147. The molecule has 3 heterocycles. The number of hydrogen-bond donors (Lipinski definition) is 0. The molecule has 0 aliphatic carbocycles. The van der Waals surface area contributed by atoms with Crippen molar-refractivity contribution in [3.05, 3.63) is 12.2 Å². The van der Waals surface area contributed by atoms with Gasteiger partial charge in [0.25, 0.3) is 0 Å². The molecule has 3 fully saturated rings. The molecule has 0 amide bonds. The lowest BCUT2D eigenvalue weighted by atomic mass is 9.80. The van der Waals surface area contributed by atoms with Gasteiger partial charge in [-0.3, -0.25) is 4.79 Å². The molecular weight excluding hydrogens is 248 g/mol. The molecule has 0 saturated carbocycles. The number of rotatable bonds is 4. The summed E-state index contributed by atoms with van der Waals surface area (Å²) >= 11 is 0. The van der Waals surface area contributed by atoms with Gasteiger partial charge in [-0.2, -0.15) is 0 Å². The van der Waals surface area contributed by atoms with Crippen molar-refractivity contribution in [3.63, 3.8) is 0 Å². The molecule has 5 heteroatoms. The Morgan fingerprint density at radius 1 is 1.53 bits per heavy atom. The van der Waals surface area contributed by atoms with Gasteiger partial charge in [0, 0.05) is 11.5 Å². The first-order chi connectivity index (χ1) is 8.97. The minimum absolute atomic E-state index is 0.0671. The molecular formula is C14H18O5. The Morgan fingerprint density at radius 2 is 2.26 bits per heavy atom. The molecule has 104 valence electrons. The topological polar surface area (TPSA) is 61.8 Å². The van der Waals surface area contributed by atoms with Crippen molar-refractivity contribution in [2.45, 2.75) is 51.1 Å². The third-order valence-corrected chi connectivity index (χ3v) is 4.25. The maximum Gasteiger partial charge on any atom is 0.333 e. The third kappa shape index (κ3) is 1.96. The van der Waals surface area contributed by atoms with Crippen LogP contribution in [0.4, 0.5) is 0 Å². The molecule has 3 aliphatic heterocycles. The average molecular weight is 266 g/mol. The average Bonchev–Trinajstić information content (AvgIpc) is 2.93. The monoisotopic (exact) mass is 266 g/mol. The summed E-state index contributed by atoms with van der Waals surface area (Å²) < 4.78 is 16.5. The summed E-state index contributed by atoms with van der Waals surface area (Å²) in [6, 6.07) is 0. The zero-order valence-electron chi connectivity index (χ0n) is 11.1. The van der Waals surface area contributed by atoms with Crippen LogP contribution >= 0.6 is 0 Å². The van der Waals surface area contributed by atoms with Crippen LogP contribution in [0, 0.1) is 11.8 Å². The van der Waals surface area contributed by atoms with Crippen molar-refractivity contribution in [1.29, 1.82) is 0 Å². The van der Waals surface area contributed by atoms with E-state index < -0.39 is 0 Å². The Balaban J connectivity index is 1.61. The van der Waals surface area contributed by atoms with Gasteiger partial charge in [-0.05, 0) is 26.7 Å². The Morgan fingerprint density at radius 3 is 2.95 bits per heavy atom. The normalized spacial score (nSPS) is 40.1. The highest BCUT2D eigenvalue weighted by molar-refractivity contribution is 5.87. The summed E-state index contributed by atoms with van der Waals surface area (Å²) in [5.74, 6) is -0.440. The minimum atomic E-state index is -0.377. The summed E-state index contributed by atoms with van der Waals surface area (Å²) in [4.78, 5) is 23.1. The molecule has 3 saturated heterocycles. The van der Waals surface area contributed by atoms with Crippen LogP contribution in [0.2, 0.25) is 0 Å². The SMILES string of the molecule is C=C(C)C(=O)OC(C)CC1C2CC3C(=O)OC1C3O2. The van der Waals surface area contributed by atoms with Gasteiger partial charge in [-0.25, -0.2) is 4.79 Å². The lowest BCUT2D eigenvalue weighted by Gasteiger charge is -2.25. The summed E-state index contributed by atoms with van der Waals surface area (Å²) in [5, 5.41) is 0. The van der Waals surface area contributed by atoms with Crippen molar-refractivity contribution >= 4 is 11.9 Å². The standard InChI is InChI=1S/C14H18O5/c1-6(2)13(15)17-7(3)4-8-10-5-9-12(18-10)11(8)19-14(9)16/h7-12H,1,4-5H2,2-3H3. The van der Waals surface area contributed by atoms with Crippen LogP contribution in [0.15, 0.2) is 12.2 Å². The summed E-state index contributed by atoms with van der Waals surface area (Å²) in [6.45, 7) is 7.03. The highest BCUT2D eigenvalue weighted by Gasteiger charge is 2.63. The van der Waals surface area contributed by atoms with Crippen molar-refractivity contribution in [2.75, 3.05) is 0 Å². The first-order valence-corrected chi connectivity index (χ1v) is 6.70. The number of carbonyl (C=O) groups excluding carboxylic acids is 2. The van der Waals surface area contributed by atoms with Gasteiger partial charge in [0.2, 0.25) is 0 Å². The van der Waals surface area contributed by atoms with E-state index in [1.807, 2.05) is 6.92 Å². The van der Waals surface area contributed by atoms with Crippen molar-refractivity contribution in [1.82, 2.24) is 0 Å². The summed E-state index contributed by atoms with van der Waals surface area (Å²) in [6.07, 6.45) is 1.01. The van der Waals surface area contributed by atoms with E-state index in [-0.39, 0.29) is 48.2 Å². The summed E-state index contributed by atoms with van der Waals surface area (Å²) in [5.41, 5.74) is 0.392. The number of esters is 2. The second kappa shape index (κ2) is 4.34. The molecule has 0 aromatic heterocycles. The third-order valence-electron chi connectivity index (χ3n) is 4.25. The maximum atomic E-state index is 11.6. The van der Waals surface area contributed by atoms with Crippen LogP contribution in [0.3, 0.4) is 0 Å². The second-order valence-corrected chi connectivity index (χ2v) is 5.78. The smallest absolute Gasteiger partial charge is 0.333 e. The van der Waals surface area contributed by atoms with Crippen molar-refractivity contribution < 1.29 is 23.8 Å². The van der Waals surface area contributed by atoms with Gasteiger partial charge in [0.1, 0.15) is 12.2 Å². The Kier molecular flexibility index (Phi) is 2.89. The summed E-state index contributed by atoms with van der Waals surface area (Å²) in [7, 11) is 0. The second-order valence-electron chi connectivity index (χ2n) is 5.78. The molecule has 0 radical (unpaired) electrons. The molecule has 0 aromatic rings. The first-order valence-electron chi connectivity index (χ1n) is 6.70. The van der Waals surface area contributed by atoms with E-state index in [4.69, 9.17) is 14.2 Å². The molecule has 6 unspecified atom stereocenters. The van der Waals surface area contributed by atoms with Crippen LogP contribution in [0.5, 0.6) is 0 Å².